The second-order valence-corrected chi connectivity index (χ2v) is 6.84. The fourth-order valence-corrected chi connectivity index (χ4v) is 2.56. The van der Waals surface area contributed by atoms with Crippen LogP contribution in [-0.2, 0) is 13.1 Å². The molecule has 0 spiro atoms. The van der Waals surface area contributed by atoms with E-state index in [1.807, 2.05) is 6.26 Å². The molecule has 0 radical (unpaired) electrons. The van der Waals surface area contributed by atoms with Gasteiger partial charge in [0.1, 0.15) is 5.76 Å². The van der Waals surface area contributed by atoms with E-state index in [-0.39, 0.29) is 5.54 Å². The summed E-state index contributed by atoms with van der Waals surface area (Å²) in [4.78, 5) is 2.53. The maximum absolute atomic E-state index is 5.70. The number of piperidine rings is 1. The van der Waals surface area contributed by atoms with Crippen molar-refractivity contribution in [3.8, 4) is 0 Å². The molecule has 108 valence electrons. The molecule has 1 N–H and O–H groups in total. The van der Waals surface area contributed by atoms with Crippen molar-refractivity contribution in [1.82, 2.24) is 10.2 Å². The van der Waals surface area contributed by atoms with Gasteiger partial charge in [0.2, 0.25) is 0 Å². The summed E-state index contributed by atoms with van der Waals surface area (Å²) in [6, 6.07) is 2.88. The van der Waals surface area contributed by atoms with Crippen molar-refractivity contribution in [2.24, 2.45) is 0 Å². The summed E-state index contributed by atoms with van der Waals surface area (Å²) in [5.74, 6) is 1.10. The zero-order chi connectivity index (χ0) is 13.9. The van der Waals surface area contributed by atoms with Gasteiger partial charge in [0.25, 0.3) is 0 Å². The van der Waals surface area contributed by atoms with Crippen LogP contribution in [0.1, 0.15) is 58.3 Å². The first-order chi connectivity index (χ1) is 8.94. The van der Waals surface area contributed by atoms with E-state index in [9.17, 15) is 0 Å². The van der Waals surface area contributed by atoms with E-state index in [4.69, 9.17) is 4.42 Å². The lowest BCUT2D eigenvalue weighted by atomic mass is 10.0. The predicted molar refractivity (Wildman–Crippen MR) is 79.0 cm³/mol. The van der Waals surface area contributed by atoms with Crippen molar-refractivity contribution >= 4 is 0 Å². The van der Waals surface area contributed by atoms with E-state index in [0.29, 0.717) is 6.04 Å². The summed E-state index contributed by atoms with van der Waals surface area (Å²) >= 11 is 0. The zero-order valence-electron chi connectivity index (χ0n) is 12.8. The first-order valence-electron chi connectivity index (χ1n) is 7.49. The van der Waals surface area contributed by atoms with Gasteiger partial charge in [0.05, 0.1) is 12.8 Å². The summed E-state index contributed by atoms with van der Waals surface area (Å²) in [5, 5.41) is 3.49. The van der Waals surface area contributed by atoms with E-state index < -0.39 is 0 Å². The van der Waals surface area contributed by atoms with E-state index >= 15 is 0 Å². The highest BCUT2D eigenvalue weighted by atomic mass is 16.3. The minimum Gasteiger partial charge on any atom is -0.468 e. The molecule has 0 bridgehead atoms. The van der Waals surface area contributed by atoms with Crippen molar-refractivity contribution in [2.75, 3.05) is 6.54 Å². The smallest absolute Gasteiger partial charge is 0.118 e. The van der Waals surface area contributed by atoms with Crippen molar-refractivity contribution in [3.05, 3.63) is 23.7 Å². The van der Waals surface area contributed by atoms with Gasteiger partial charge in [-0.15, -0.1) is 0 Å². The summed E-state index contributed by atoms with van der Waals surface area (Å²) in [7, 11) is 0. The van der Waals surface area contributed by atoms with Gasteiger partial charge in [0, 0.05) is 23.7 Å². The van der Waals surface area contributed by atoms with Gasteiger partial charge < -0.3 is 9.73 Å². The van der Waals surface area contributed by atoms with Crippen molar-refractivity contribution in [1.29, 1.82) is 0 Å². The Morgan fingerprint density at radius 1 is 1.37 bits per heavy atom. The van der Waals surface area contributed by atoms with Gasteiger partial charge >= 0.3 is 0 Å². The van der Waals surface area contributed by atoms with Gasteiger partial charge in [-0.1, -0.05) is 6.42 Å². The van der Waals surface area contributed by atoms with Crippen LogP contribution < -0.4 is 5.32 Å². The normalized spacial score (nSPS) is 21.8. The molecule has 3 heteroatoms. The molecular weight excluding hydrogens is 236 g/mol. The van der Waals surface area contributed by atoms with Crippen molar-refractivity contribution in [2.45, 2.75) is 71.6 Å². The number of nitrogens with one attached hydrogen (secondary N) is 1. The number of furan rings is 1. The molecule has 1 unspecified atom stereocenters. The molecule has 0 aliphatic carbocycles. The number of nitrogens with zero attached hydrogens (tertiary/aromatic N) is 1. The SMILES string of the molecule is CC1CCCCN1Cc1cc(CNC(C)(C)C)co1. The molecular formula is C16H28N2O. The largest absolute Gasteiger partial charge is 0.468 e. The third-order valence-corrected chi connectivity index (χ3v) is 3.83. The van der Waals surface area contributed by atoms with Crippen LogP contribution in [0.2, 0.25) is 0 Å². The van der Waals surface area contributed by atoms with Gasteiger partial charge in [0.15, 0.2) is 0 Å². The van der Waals surface area contributed by atoms with E-state index in [0.717, 1.165) is 18.8 Å². The van der Waals surface area contributed by atoms with Crippen LogP contribution in [0.15, 0.2) is 16.7 Å². The Labute approximate surface area is 117 Å². The highest BCUT2D eigenvalue weighted by molar-refractivity contribution is 5.13. The Morgan fingerprint density at radius 3 is 2.84 bits per heavy atom. The second kappa shape index (κ2) is 6.10. The maximum Gasteiger partial charge on any atom is 0.118 e. The highest BCUT2D eigenvalue weighted by Crippen LogP contribution is 2.20. The predicted octanol–water partition coefficient (Wildman–Crippen LogP) is 3.54. The van der Waals surface area contributed by atoms with Crippen molar-refractivity contribution < 1.29 is 4.42 Å². The summed E-state index contributed by atoms with van der Waals surface area (Å²) in [5.41, 5.74) is 1.40. The van der Waals surface area contributed by atoms with Crippen LogP contribution in [0.25, 0.3) is 0 Å². The van der Waals surface area contributed by atoms with Gasteiger partial charge in [-0.2, -0.15) is 0 Å². The molecule has 1 aromatic heterocycles. The Bertz CT molecular complexity index is 392. The Morgan fingerprint density at radius 2 is 2.16 bits per heavy atom. The lowest BCUT2D eigenvalue weighted by Gasteiger charge is -2.32. The minimum absolute atomic E-state index is 0.152. The number of rotatable bonds is 4. The highest BCUT2D eigenvalue weighted by Gasteiger charge is 2.19. The average molecular weight is 264 g/mol. The van der Waals surface area contributed by atoms with E-state index in [1.54, 1.807) is 0 Å². The van der Waals surface area contributed by atoms with Crippen LogP contribution in [0.5, 0.6) is 0 Å². The topological polar surface area (TPSA) is 28.4 Å². The number of hydrogen-bond acceptors (Lipinski definition) is 3. The van der Waals surface area contributed by atoms with Crippen LogP contribution >= 0.6 is 0 Å². The van der Waals surface area contributed by atoms with Crippen molar-refractivity contribution in [3.63, 3.8) is 0 Å². The second-order valence-electron chi connectivity index (χ2n) is 6.84. The van der Waals surface area contributed by atoms with Gasteiger partial charge in [-0.3, -0.25) is 4.90 Å². The first-order valence-corrected chi connectivity index (χ1v) is 7.49. The maximum atomic E-state index is 5.70. The molecule has 1 aliphatic rings. The quantitative estimate of drug-likeness (QED) is 0.901. The number of likely N-dealkylation sites (tertiary alicyclic amines) is 1. The molecule has 0 amide bonds. The molecule has 3 nitrogen and oxygen atoms in total. The monoisotopic (exact) mass is 264 g/mol. The molecule has 1 atom stereocenters. The fourth-order valence-electron chi connectivity index (χ4n) is 2.56. The molecule has 1 saturated heterocycles. The minimum atomic E-state index is 0.152. The molecule has 1 aromatic rings. The molecule has 0 aromatic carbocycles. The molecule has 1 fully saturated rings. The third kappa shape index (κ3) is 4.66. The van der Waals surface area contributed by atoms with Gasteiger partial charge in [-0.05, 0) is 53.1 Å². The standard InChI is InChI=1S/C16H28N2O/c1-13-7-5-6-8-18(13)11-15-9-14(12-19-15)10-17-16(2,3)4/h9,12-13,17H,5-8,10-11H2,1-4H3. The summed E-state index contributed by atoms with van der Waals surface area (Å²) < 4.78 is 5.70. The zero-order valence-corrected chi connectivity index (χ0v) is 12.8. The summed E-state index contributed by atoms with van der Waals surface area (Å²) in [6.07, 6.45) is 5.90. The molecule has 2 heterocycles. The number of hydrogen-bond donors (Lipinski definition) is 1. The van der Waals surface area contributed by atoms with Crippen LogP contribution in [0.3, 0.4) is 0 Å². The fraction of sp³-hybridized carbons (Fsp3) is 0.750. The lowest BCUT2D eigenvalue weighted by molar-refractivity contribution is 0.142. The molecule has 2 rings (SSSR count). The molecule has 1 aliphatic heterocycles. The Balaban J connectivity index is 1.86. The van der Waals surface area contributed by atoms with Crippen LogP contribution in [0, 0.1) is 0 Å². The Kier molecular flexibility index (Phi) is 4.69. The first kappa shape index (κ1) is 14.6. The van der Waals surface area contributed by atoms with Crippen LogP contribution in [0.4, 0.5) is 0 Å². The molecule has 0 saturated carbocycles. The van der Waals surface area contributed by atoms with Gasteiger partial charge in [-0.25, -0.2) is 0 Å². The Hall–Kier alpha value is -0.800. The van der Waals surface area contributed by atoms with E-state index in [2.05, 4.69) is 44.0 Å². The van der Waals surface area contributed by atoms with E-state index in [1.165, 1.54) is 31.4 Å². The lowest BCUT2D eigenvalue weighted by Crippen LogP contribution is -2.36. The third-order valence-electron chi connectivity index (χ3n) is 3.83. The summed E-state index contributed by atoms with van der Waals surface area (Å²) in [6.45, 7) is 11.9. The molecule has 19 heavy (non-hydrogen) atoms. The van der Waals surface area contributed by atoms with Crippen LogP contribution in [-0.4, -0.2) is 23.0 Å². The average Bonchev–Trinajstić information content (AvgIpc) is 2.77.